The topological polar surface area (TPSA) is 57.0 Å². The molecule has 0 fully saturated rings. The number of carbonyl (C=O) groups is 1. The number of hydrogen-bond acceptors (Lipinski definition) is 5. The molecule has 0 spiro atoms. The van der Waals surface area contributed by atoms with E-state index in [-0.39, 0.29) is 5.97 Å². The van der Waals surface area contributed by atoms with Crippen LogP contribution < -0.4 is 0 Å². The zero-order valence-corrected chi connectivity index (χ0v) is 16.1. The largest absolute Gasteiger partial charge is 0.465 e. The number of imidazole rings is 1. The Morgan fingerprint density at radius 1 is 1.31 bits per heavy atom. The maximum atomic E-state index is 11.8. The Bertz CT molecular complexity index is 895. The quantitative estimate of drug-likeness (QED) is 0.491. The minimum Gasteiger partial charge on any atom is -0.465 e. The van der Waals surface area contributed by atoms with Crippen molar-refractivity contribution in [2.45, 2.75) is 31.6 Å². The van der Waals surface area contributed by atoms with E-state index in [0.29, 0.717) is 36.7 Å². The second-order valence-corrected chi connectivity index (χ2v) is 6.95. The molecular weight excluding hydrogens is 370 g/mol. The molecule has 0 bridgehead atoms. The fraction of sp³-hybridized carbons (Fsp3) is 0.316. The predicted molar refractivity (Wildman–Crippen MR) is 106 cm³/mol. The van der Waals surface area contributed by atoms with Crippen molar-refractivity contribution < 1.29 is 9.53 Å². The van der Waals surface area contributed by atoms with Crippen molar-refractivity contribution in [3.8, 4) is 0 Å². The number of carbonyl (C=O) groups excluding carboxylic acids is 1. The molecule has 2 heterocycles. The number of pyridine rings is 1. The monoisotopic (exact) mass is 389 g/mol. The average Bonchev–Trinajstić information content (AvgIpc) is 2.99. The van der Waals surface area contributed by atoms with Crippen molar-refractivity contribution in [1.82, 2.24) is 14.5 Å². The SMILES string of the molecule is CCOC(=O)C(S)CCc1nc2ncccc2n1Cc1ccc(Cl)cc1. The fourth-order valence-corrected chi connectivity index (χ4v) is 3.10. The second-order valence-electron chi connectivity index (χ2n) is 5.89. The number of nitrogens with zero attached hydrogens (tertiary/aromatic N) is 3. The van der Waals surface area contributed by atoms with Crippen molar-refractivity contribution in [3.05, 3.63) is 59.0 Å². The van der Waals surface area contributed by atoms with Crippen LogP contribution in [0.5, 0.6) is 0 Å². The first kappa shape index (κ1) is 18.7. The highest BCUT2D eigenvalue weighted by Gasteiger charge is 2.18. The van der Waals surface area contributed by atoms with Crippen LogP contribution in [0.3, 0.4) is 0 Å². The smallest absolute Gasteiger partial charge is 0.318 e. The van der Waals surface area contributed by atoms with Gasteiger partial charge in [0, 0.05) is 24.2 Å². The molecule has 7 heteroatoms. The maximum absolute atomic E-state index is 11.8. The zero-order valence-electron chi connectivity index (χ0n) is 14.4. The van der Waals surface area contributed by atoms with Crippen molar-refractivity contribution >= 4 is 41.4 Å². The Morgan fingerprint density at radius 2 is 2.08 bits per heavy atom. The third kappa shape index (κ3) is 4.37. The zero-order chi connectivity index (χ0) is 18.5. The van der Waals surface area contributed by atoms with Gasteiger partial charge in [0.15, 0.2) is 5.65 Å². The Hall–Kier alpha value is -2.05. The summed E-state index contributed by atoms with van der Waals surface area (Å²) in [5.41, 5.74) is 2.78. The third-order valence-corrected chi connectivity index (χ3v) is 4.78. The molecule has 0 saturated carbocycles. The van der Waals surface area contributed by atoms with Crippen LogP contribution in [-0.2, 0) is 22.5 Å². The lowest BCUT2D eigenvalue weighted by molar-refractivity contribution is -0.142. The van der Waals surface area contributed by atoms with Gasteiger partial charge in [0.25, 0.3) is 0 Å². The van der Waals surface area contributed by atoms with Gasteiger partial charge in [-0.25, -0.2) is 9.97 Å². The van der Waals surface area contributed by atoms with Crippen LogP contribution in [0.1, 0.15) is 24.7 Å². The lowest BCUT2D eigenvalue weighted by Gasteiger charge is -2.12. The molecule has 0 saturated heterocycles. The summed E-state index contributed by atoms with van der Waals surface area (Å²) < 4.78 is 7.14. The van der Waals surface area contributed by atoms with E-state index in [0.717, 1.165) is 16.9 Å². The van der Waals surface area contributed by atoms with E-state index >= 15 is 0 Å². The molecule has 2 aromatic heterocycles. The first-order valence-corrected chi connectivity index (χ1v) is 9.37. The van der Waals surface area contributed by atoms with Crippen molar-refractivity contribution in [1.29, 1.82) is 0 Å². The van der Waals surface area contributed by atoms with Gasteiger partial charge in [-0.3, -0.25) is 4.79 Å². The summed E-state index contributed by atoms with van der Waals surface area (Å²) in [6.45, 7) is 2.80. The molecule has 1 unspecified atom stereocenters. The summed E-state index contributed by atoms with van der Waals surface area (Å²) in [4.78, 5) is 20.8. The number of benzene rings is 1. The van der Waals surface area contributed by atoms with Gasteiger partial charge in [0.2, 0.25) is 0 Å². The van der Waals surface area contributed by atoms with E-state index in [1.54, 1.807) is 13.1 Å². The highest BCUT2D eigenvalue weighted by molar-refractivity contribution is 7.81. The van der Waals surface area contributed by atoms with Crippen LogP contribution in [0.4, 0.5) is 0 Å². The van der Waals surface area contributed by atoms with Crippen molar-refractivity contribution in [3.63, 3.8) is 0 Å². The van der Waals surface area contributed by atoms with Crippen molar-refractivity contribution in [2.75, 3.05) is 6.61 Å². The molecule has 3 aromatic rings. The van der Waals surface area contributed by atoms with Crippen molar-refractivity contribution in [2.24, 2.45) is 0 Å². The van der Waals surface area contributed by atoms with Gasteiger partial charge in [0.05, 0.1) is 17.4 Å². The summed E-state index contributed by atoms with van der Waals surface area (Å²) in [7, 11) is 0. The first-order chi connectivity index (χ1) is 12.6. The first-order valence-electron chi connectivity index (χ1n) is 8.47. The molecule has 0 amide bonds. The molecule has 1 atom stereocenters. The standard InChI is InChI=1S/C19H20ClN3O2S/c1-2-25-19(24)16(26)9-10-17-22-18-15(4-3-11-21-18)23(17)12-13-5-7-14(20)8-6-13/h3-8,11,16,26H,2,9-10,12H2,1H3. The molecule has 0 radical (unpaired) electrons. The predicted octanol–water partition coefficient (Wildman–Crippen LogP) is 3.93. The highest BCUT2D eigenvalue weighted by Crippen LogP contribution is 2.20. The number of esters is 1. The average molecular weight is 390 g/mol. The normalized spacial score (nSPS) is 12.3. The molecule has 0 aliphatic heterocycles. The lowest BCUT2D eigenvalue weighted by atomic mass is 10.2. The number of halogens is 1. The molecule has 0 aliphatic carbocycles. The summed E-state index contributed by atoms with van der Waals surface area (Å²) in [5, 5.41) is 0.241. The number of aryl methyl sites for hydroxylation is 1. The summed E-state index contributed by atoms with van der Waals surface area (Å²) in [6, 6.07) is 11.6. The van der Waals surface area contributed by atoms with E-state index in [1.165, 1.54) is 0 Å². The van der Waals surface area contributed by atoms with Gasteiger partial charge >= 0.3 is 5.97 Å². The van der Waals surface area contributed by atoms with Gasteiger partial charge < -0.3 is 9.30 Å². The highest BCUT2D eigenvalue weighted by atomic mass is 35.5. The van der Waals surface area contributed by atoms with Gasteiger partial charge in [-0.1, -0.05) is 23.7 Å². The molecule has 1 aromatic carbocycles. The van der Waals surface area contributed by atoms with Gasteiger partial charge in [-0.2, -0.15) is 12.6 Å². The van der Waals surface area contributed by atoms with E-state index in [4.69, 9.17) is 16.3 Å². The molecular formula is C19H20ClN3O2S. The number of aromatic nitrogens is 3. The molecule has 26 heavy (non-hydrogen) atoms. The van der Waals surface area contributed by atoms with E-state index in [1.807, 2.05) is 36.4 Å². The lowest BCUT2D eigenvalue weighted by Crippen LogP contribution is -2.19. The van der Waals surface area contributed by atoms with E-state index in [2.05, 4.69) is 27.2 Å². The van der Waals surface area contributed by atoms with Gasteiger partial charge in [-0.15, -0.1) is 0 Å². The summed E-state index contributed by atoms with van der Waals surface area (Å²) in [6.07, 6.45) is 2.88. The Morgan fingerprint density at radius 3 is 2.81 bits per heavy atom. The number of ether oxygens (including phenoxy) is 1. The summed E-state index contributed by atoms with van der Waals surface area (Å²) in [5.74, 6) is 0.575. The summed E-state index contributed by atoms with van der Waals surface area (Å²) >= 11 is 10.3. The van der Waals surface area contributed by atoms with Crippen LogP contribution in [0.15, 0.2) is 42.6 Å². The Labute approximate surface area is 162 Å². The molecule has 0 aliphatic rings. The third-order valence-electron chi connectivity index (χ3n) is 4.06. The minimum atomic E-state index is -0.466. The number of fused-ring (bicyclic) bond motifs is 1. The second kappa shape index (κ2) is 8.56. The Balaban J connectivity index is 1.84. The maximum Gasteiger partial charge on any atom is 0.318 e. The van der Waals surface area contributed by atoms with E-state index in [9.17, 15) is 4.79 Å². The van der Waals surface area contributed by atoms with Crippen LogP contribution in [0.25, 0.3) is 11.2 Å². The molecule has 3 rings (SSSR count). The number of rotatable bonds is 7. The molecule has 0 N–H and O–H groups in total. The van der Waals surface area contributed by atoms with Crippen LogP contribution >= 0.6 is 24.2 Å². The Kier molecular flexibility index (Phi) is 6.16. The number of thiol groups is 1. The van der Waals surface area contributed by atoms with Crippen LogP contribution in [0, 0.1) is 0 Å². The minimum absolute atomic E-state index is 0.297. The number of hydrogen-bond donors (Lipinski definition) is 1. The van der Waals surface area contributed by atoms with Gasteiger partial charge in [0.1, 0.15) is 5.82 Å². The van der Waals surface area contributed by atoms with E-state index < -0.39 is 5.25 Å². The van der Waals surface area contributed by atoms with Crippen LogP contribution in [-0.4, -0.2) is 32.4 Å². The fourth-order valence-electron chi connectivity index (χ4n) is 2.77. The van der Waals surface area contributed by atoms with Crippen LogP contribution in [0.2, 0.25) is 5.02 Å². The van der Waals surface area contributed by atoms with Gasteiger partial charge in [-0.05, 0) is 43.2 Å². The molecule has 5 nitrogen and oxygen atoms in total. The molecule has 136 valence electrons.